The SMILES string of the molecule is CCOCOC(=O)CCCCBr. The van der Waals surface area contributed by atoms with Crippen molar-refractivity contribution in [1.82, 2.24) is 0 Å². The van der Waals surface area contributed by atoms with Crippen LogP contribution >= 0.6 is 15.9 Å². The van der Waals surface area contributed by atoms with Crippen molar-refractivity contribution >= 4 is 21.9 Å². The third-order valence-electron chi connectivity index (χ3n) is 1.27. The number of unbranched alkanes of at least 4 members (excludes halogenated alkanes) is 1. The van der Waals surface area contributed by atoms with Gasteiger partial charge < -0.3 is 9.47 Å². The van der Waals surface area contributed by atoms with Gasteiger partial charge in [0.05, 0.1) is 0 Å². The normalized spacial score (nSPS) is 9.83. The fourth-order valence-corrected chi connectivity index (χ4v) is 1.02. The third-order valence-corrected chi connectivity index (χ3v) is 1.83. The Balaban J connectivity index is 3.10. The smallest absolute Gasteiger partial charge is 0.307 e. The standard InChI is InChI=1S/C8H15BrO3/c1-2-11-7-12-8(10)5-3-4-6-9/h2-7H2,1H3. The monoisotopic (exact) mass is 238 g/mol. The van der Waals surface area contributed by atoms with Crippen molar-refractivity contribution in [3.05, 3.63) is 0 Å². The van der Waals surface area contributed by atoms with Gasteiger partial charge in [-0.1, -0.05) is 15.9 Å². The molecule has 4 heteroatoms. The molecule has 0 aliphatic carbocycles. The van der Waals surface area contributed by atoms with Gasteiger partial charge >= 0.3 is 5.97 Å². The molecule has 0 aromatic carbocycles. The molecule has 0 fully saturated rings. The molecule has 0 aliphatic heterocycles. The largest absolute Gasteiger partial charge is 0.438 e. The van der Waals surface area contributed by atoms with Crippen LogP contribution in [0.4, 0.5) is 0 Å². The fourth-order valence-electron chi connectivity index (χ4n) is 0.627. The average molecular weight is 239 g/mol. The highest BCUT2D eigenvalue weighted by molar-refractivity contribution is 9.09. The second kappa shape index (κ2) is 9.00. The zero-order valence-corrected chi connectivity index (χ0v) is 8.93. The summed E-state index contributed by atoms with van der Waals surface area (Å²) in [5.41, 5.74) is 0. The van der Waals surface area contributed by atoms with Crippen LogP contribution in [-0.4, -0.2) is 24.7 Å². The highest BCUT2D eigenvalue weighted by Crippen LogP contribution is 1.99. The van der Waals surface area contributed by atoms with Gasteiger partial charge in [0.15, 0.2) is 6.79 Å². The maximum Gasteiger partial charge on any atom is 0.307 e. The highest BCUT2D eigenvalue weighted by atomic mass is 79.9. The first kappa shape index (κ1) is 11.9. The molecule has 0 aromatic heterocycles. The number of carbonyl (C=O) groups is 1. The second-order valence-electron chi connectivity index (χ2n) is 2.27. The van der Waals surface area contributed by atoms with Crippen molar-refractivity contribution in [2.75, 3.05) is 18.7 Å². The van der Waals surface area contributed by atoms with Gasteiger partial charge in [-0.15, -0.1) is 0 Å². The lowest BCUT2D eigenvalue weighted by Gasteiger charge is -2.03. The molecule has 0 aliphatic rings. The first-order chi connectivity index (χ1) is 5.81. The number of hydrogen-bond acceptors (Lipinski definition) is 3. The van der Waals surface area contributed by atoms with E-state index in [2.05, 4.69) is 15.9 Å². The van der Waals surface area contributed by atoms with Gasteiger partial charge in [-0.25, -0.2) is 0 Å². The minimum absolute atomic E-state index is 0.0870. The van der Waals surface area contributed by atoms with Crippen LogP contribution in [0.1, 0.15) is 26.2 Å². The second-order valence-corrected chi connectivity index (χ2v) is 3.07. The van der Waals surface area contributed by atoms with Crippen LogP contribution < -0.4 is 0 Å². The number of esters is 1. The van der Waals surface area contributed by atoms with Crippen LogP contribution in [0.25, 0.3) is 0 Å². The van der Waals surface area contributed by atoms with Crippen LogP contribution in [-0.2, 0) is 14.3 Å². The molecule has 0 spiro atoms. The Hall–Kier alpha value is -0.0900. The number of carbonyl (C=O) groups excluding carboxylic acids is 1. The van der Waals surface area contributed by atoms with E-state index in [9.17, 15) is 4.79 Å². The van der Waals surface area contributed by atoms with Crippen molar-refractivity contribution in [3.8, 4) is 0 Å². The summed E-state index contributed by atoms with van der Waals surface area (Å²) < 4.78 is 9.61. The lowest BCUT2D eigenvalue weighted by atomic mass is 10.3. The summed E-state index contributed by atoms with van der Waals surface area (Å²) in [4.78, 5) is 10.9. The predicted molar refractivity (Wildman–Crippen MR) is 50.2 cm³/mol. The van der Waals surface area contributed by atoms with Crippen molar-refractivity contribution in [2.45, 2.75) is 26.2 Å². The molecular weight excluding hydrogens is 224 g/mol. The molecule has 0 saturated carbocycles. The minimum atomic E-state index is -0.176. The summed E-state index contributed by atoms with van der Waals surface area (Å²) in [5, 5.41) is 0.936. The predicted octanol–water partition coefficient (Wildman–Crippen LogP) is 2.09. The summed E-state index contributed by atoms with van der Waals surface area (Å²) in [7, 11) is 0. The van der Waals surface area contributed by atoms with Crippen molar-refractivity contribution in [1.29, 1.82) is 0 Å². The van der Waals surface area contributed by atoms with E-state index in [0.29, 0.717) is 13.0 Å². The maximum atomic E-state index is 10.9. The molecule has 0 amide bonds. The first-order valence-corrected chi connectivity index (χ1v) is 5.22. The van der Waals surface area contributed by atoms with Crippen LogP contribution in [0, 0.1) is 0 Å². The zero-order chi connectivity index (χ0) is 9.23. The van der Waals surface area contributed by atoms with Crippen LogP contribution in [0.15, 0.2) is 0 Å². The molecule has 0 bridgehead atoms. The number of halogens is 1. The van der Waals surface area contributed by atoms with Gasteiger partial charge in [0.2, 0.25) is 0 Å². The number of hydrogen-bond donors (Lipinski definition) is 0. The summed E-state index contributed by atoms with van der Waals surface area (Å²) in [6, 6.07) is 0. The lowest BCUT2D eigenvalue weighted by molar-refractivity contribution is -0.155. The van der Waals surface area contributed by atoms with Gasteiger partial charge in [-0.2, -0.15) is 0 Å². The maximum absolute atomic E-state index is 10.9. The molecule has 0 aromatic rings. The lowest BCUT2D eigenvalue weighted by Crippen LogP contribution is -2.07. The molecule has 12 heavy (non-hydrogen) atoms. The van der Waals surface area contributed by atoms with Crippen LogP contribution in [0.5, 0.6) is 0 Å². The van der Waals surface area contributed by atoms with E-state index in [1.165, 1.54) is 0 Å². The molecule has 0 atom stereocenters. The van der Waals surface area contributed by atoms with Crippen molar-refractivity contribution < 1.29 is 14.3 Å². The Morgan fingerprint density at radius 3 is 2.75 bits per heavy atom. The Bertz CT molecular complexity index is 105. The molecule has 0 heterocycles. The van der Waals surface area contributed by atoms with Crippen molar-refractivity contribution in [3.63, 3.8) is 0 Å². The number of ether oxygens (including phenoxy) is 2. The van der Waals surface area contributed by atoms with E-state index < -0.39 is 0 Å². The Kier molecular flexibility index (Phi) is 8.93. The third kappa shape index (κ3) is 8.01. The van der Waals surface area contributed by atoms with Gasteiger partial charge in [0.1, 0.15) is 0 Å². The number of rotatable bonds is 7. The summed E-state index contributed by atoms with van der Waals surface area (Å²) in [5.74, 6) is -0.176. The van der Waals surface area contributed by atoms with Crippen molar-refractivity contribution in [2.24, 2.45) is 0 Å². The molecule has 0 saturated heterocycles. The Morgan fingerprint density at radius 1 is 1.42 bits per heavy atom. The Morgan fingerprint density at radius 2 is 2.17 bits per heavy atom. The van der Waals surface area contributed by atoms with E-state index in [4.69, 9.17) is 9.47 Å². The fraction of sp³-hybridized carbons (Fsp3) is 0.875. The molecule has 0 rings (SSSR count). The first-order valence-electron chi connectivity index (χ1n) is 4.10. The molecule has 0 radical (unpaired) electrons. The minimum Gasteiger partial charge on any atom is -0.438 e. The molecular formula is C8H15BrO3. The van der Waals surface area contributed by atoms with Gasteiger partial charge in [-0.3, -0.25) is 4.79 Å². The van der Waals surface area contributed by atoms with Gasteiger partial charge in [0.25, 0.3) is 0 Å². The topological polar surface area (TPSA) is 35.5 Å². The van der Waals surface area contributed by atoms with Gasteiger partial charge in [0, 0.05) is 18.4 Å². The molecule has 0 N–H and O–H groups in total. The number of alkyl halides is 1. The van der Waals surface area contributed by atoms with Crippen LogP contribution in [0.2, 0.25) is 0 Å². The average Bonchev–Trinajstić information content (AvgIpc) is 2.06. The molecule has 3 nitrogen and oxygen atoms in total. The van der Waals surface area contributed by atoms with E-state index in [1.807, 2.05) is 6.92 Å². The van der Waals surface area contributed by atoms with E-state index in [-0.39, 0.29) is 12.8 Å². The summed E-state index contributed by atoms with van der Waals surface area (Å²) >= 11 is 3.29. The quantitative estimate of drug-likeness (QED) is 0.295. The summed E-state index contributed by atoms with van der Waals surface area (Å²) in [6.07, 6.45) is 2.36. The van der Waals surface area contributed by atoms with Crippen LogP contribution in [0.3, 0.4) is 0 Å². The zero-order valence-electron chi connectivity index (χ0n) is 7.35. The molecule has 0 unspecified atom stereocenters. The van der Waals surface area contributed by atoms with Gasteiger partial charge in [-0.05, 0) is 19.8 Å². The summed E-state index contributed by atoms with van der Waals surface area (Å²) in [6.45, 7) is 2.52. The molecule has 72 valence electrons. The van der Waals surface area contributed by atoms with E-state index in [0.717, 1.165) is 18.2 Å². The Labute approximate surface area is 81.6 Å². The van der Waals surface area contributed by atoms with E-state index >= 15 is 0 Å². The highest BCUT2D eigenvalue weighted by Gasteiger charge is 2.00. The van der Waals surface area contributed by atoms with E-state index in [1.54, 1.807) is 0 Å².